The zero-order chi connectivity index (χ0) is 34.6. The van der Waals surface area contributed by atoms with Crippen molar-refractivity contribution in [2.45, 2.75) is 83.9 Å². The summed E-state index contributed by atoms with van der Waals surface area (Å²) in [6, 6.07) is 9.99. The van der Waals surface area contributed by atoms with Crippen LogP contribution in [0.15, 0.2) is 52.9 Å². The molecule has 0 aliphatic carbocycles. The smallest absolute Gasteiger partial charge is 0.264 e. The number of hydrogen-bond acceptors (Lipinski definition) is 9. The van der Waals surface area contributed by atoms with Gasteiger partial charge in [0, 0.05) is 17.7 Å². The average molecular weight is 670 g/mol. The highest BCUT2D eigenvalue weighted by Gasteiger charge is 2.40. The summed E-state index contributed by atoms with van der Waals surface area (Å²) in [7, 11) is -3.83. The molecule has 0 saturated carbocycles. The average Bonchev–Trinajstić information content (AvgIpc) is 3.69. The quantitative estimate of drug-likeness (QED) is 0.225. The number of hydrogen-bond donors (Lipinski definition) is 4. The van der Waals surface area contributed by atoms with Gasteiger partial charge in [-0.2, -0.15) is 0 Å². The third kappa shape index (κ3) is 8.17. The van der Waals surface area contributed by atoms with Crippen molar-refractivity contribution in [3.63, 3.8) is 0 Å². The first-order valence-electron chi connectivity index (χ1n) is 15.7. The number of sulfonamides is 1. The number of nitrogens with one attached hydrogen (secondary N) is 3. The first-order chi connectivity index (χ1) is 22.1. The van der Waals surface area contributed by atoms with Crippen LogP contribution >= 0.6 is 0 Å². The molecule has 13 nitrogen and oxygen atoms in total. The maximum Gasteiger partial charge on any atom is 0.264 e. The number of amides is 4. The van der Waals surface area contributed by atoms with E-state index in [-0.39, 0.29) is 28.9 Å². The van der Waals surface area contributed by atoms with Crippen LogP contribution in [-0.4, -0.2) is 77.0 Å². The summed E-state index contributed by atoms with van der Waals surface area (Å²) in [5.74, 6) is -2.67. The predicted octanol–water partition coefficient (Wildman–Crippen LogP) is 2.92. The van der Waals surface area contributed by atoms with Crippen molar-refractivity contribution in [1.82, 2.24) is 25.2 Å². The Morgan fingerprint density at radius 3 is 2.09 bits per heavy atom. The molecule has 4 N–H and O–H groups in total. The van der Waals surface area contributed by atoms with Gasteiger partial charge in [0.05, 0.1) is 11.3 Å². The monoisotopic (exact) mass is 669 g/mol. The summed E-state index contributed by atoms with van der Waals surface area (Å²) in [6.07, 6.45) is -0.230. The van der Waals surface area contributed by atoms with Gasteiger partial charge in [-0.05, 0) is 74.9 Å². The molecular formula is C33H43N5O8S. The number of oxazole rings is 1. The maximum atomic E-state index is 13.8. The molecule has 254 valence electrons. The van der Waals surface area contributed by atoms with Gasteiger partial charge in [0.25, 0.3) is 11.8 Å². The molecule has 3 aromatic rings. The number of carbonyl (C=O) groups is 4. The highest BCUT2D eigenvalue weighted by Crippen LogP contribution is 2.27. The number of aliphatic hydroxyl groups excluding tert-OH is 1. The number of para-hydroxylation sites is 2. The van der Waals surface area contributed by atoms with Crippen molar-refractivity contribution in [3.8, 4) is 0 Å². The fourth-order valence-electron chi connectivity index (χ4n) is 5.34. The minimum absolute atomic E-state index is 0.0501. The number of aromatic nitrogens is 1. The number of aliphatic hydroxyl groups is 1. The van der Waals surface area contributed by atoms with E-state index in [1.54, 1.807) is 32.0 Å². The van der Waals surface area contributed by atoms with Gasteiger partial charge in [-0.1, -0.05) is 39.8 Å². The molecule has 1 aliphatic rings. The van der Waals surface area contributed by atoms with E-state index in [2.05, 4.69) is 15.6 Å². The summed E-state index contributed by atoms with van der Waals surface area (Å²) in [4.78, 5) is 58.8. The van der Waals surface area contributed by atoms with Crippen molar-refractivity contribution in [2.75, 3.05) is 6.54 Å². The van der Waals surface area contributed by atoms with E-state index in [4.69, 9.17) is 4.42 Å². The van der Waals surface area contributed by atoms with Crippen LogP contribution in [0.2, 0.25) is 0 Å². The van der Waals surface area contributed by atoms with Gasteiger partial charge < -0.3 is 25.1 Å². The second-order valence-corrected chi connectivity index (χ2v) is 15.0. The van der Waals surface area contributed by atoms with Gasteiger partial charge in [0.15, 0.2) is 11.7 Å². The fourth-order valence-corrected chi connectivity index (χ4v) is 5.95. The molecule has 2 heterocycles. The van der Waals surface area contributed by atoms with Gasteiger partial charge in [0.2, 0.25) is 27.7 Å². The number of carbonyl (C=O) groups excluding carboxylic acids is 4. The molecule has 0 radical (unpaired) electrons. The molecule has 4 atom stereocenters. The highest BCUT2D eigenvalue weighted by atomic mass is 32.2. The van der Waals surface area contributed by atoms with Crippen LogP contribution in [0, 0.1) is 11.8 Å². The van der Waals surface area contributed by atoms with Crippen molar-refractivity contribution in [3.05, 3.63) is 65.5 Å². The van der Waals surface area contributed by atoms with Gasteiger partial charge >= 0.3 is 0 Å². The summed E-state index contributed by atoms with van der Waals surface area (Å²) in [6.45, 7) is 10.5. The van der Waals surface area contributed by atoms with Crippen molar-refractivity contribution in [1.29, 1.82) is 0 Å². The molecule has 1 aromatic heterocycles. The standard InChI is InChI=1S/C33H43N5O8S/c1-18(2)26(28(39)32-34-23-10-7-8-12-25(23)46-32)35-31(42)24-11-9-17-38(24)33(43)27(19(3)4)36-29(40)21-13-15-22(16-14-21)30(41)37-47(44,45)20(5)6/h7-8,10,12-16,18-20,24,26-28,39H,9,11,17H2,1-6H3,(H,35,42)(H,36,40)(H,37,41)/t24-,26-,27-,28?/m0/s1. The minimum atomic E-state index is -3.83. The van der Waals surface area contributed by atoms with Crippen LogP contribution in [-0.2, 0) is 19.6 Å². The van der Waals surface area contributed by atoms with Crippen LogP contribution in [0.5, 0.6) is 0 Å². The zero-order valence-corrected chi connectivity index (χ0v) is 28.2. The minimum Gasteiger partial charge on any atom is -0.438 e. The molecule has 0 spiro atoms. The molecule has 4 rings (SSSR count). The summed E-state index contributed by atoms with van der Waals surface area (Å²) < 4.78 is 31.8. The topological polar surface area (TPSA) is 188 Å². The number of rotatable bonds is 12. The molecule has 14 heteroatoms. The molecular weight excluding hydrogens is 626 g/mol. The van der Waals surface area contributed by atoms with E-state index in [0.29, 0.717) is 30.5 Å². The third-order valence-corrected chi connectivity index (χ3v) is 9.96. The van der Waals surface area contributed by atoms with E-state index >= 15 is 0 Å². The van der Waals surface area contributed by atoms with E-state index in [9.17, 15) is 32.7 Å². The Hall–Kier alpha value is -4.30. The Morgan fingerprint density at radius 1 is 0.894 bits per heavy atom. The lowest BCUT2D eigenvalue weighted by Gasteiger charge is -2.32. The van der Waals surface area contributed by atoms with Crippen LogP contribution in [0.3, 0.4) is 0 Å². The summed E-state index contributed by atoms with van der Waals surface area (Å²) in [5.41, 5.74) is 1.32. The Bertz CT molecular complexity index is 1680. The highest BCUT2D eigenvalue weighted by molar-refractivity contribution is 7.90. The lowest BCUT2D eigenvalue weighted by Crippen LogP contribution is -2.56. The molecule has 1 saturated heterocycles. The molecule has 0 bridgehead atoms. The SMILES string of the molecule is CC(C)[C@H](NC(=O)[C@@H]1CCCN1C(=O)[C@@H](NC(=O)c1ccc(C(=O)NS(=O)(=O)C(C)C)cc1)C(C)C)C(O)c1nc2ccccc2o1. The lowest BCUT2D eigenvalue weighted by atomic mass is 9.97. The normalized spacial score (nSPS) is 17.1. The number of benzene rings is 2. The predicted molar refractivity (Wildman–Crippen MR) is 175 cm³/mol. The molecule has 1 unspecified atom stereocenters. The Kier molecular flexibility index (Phi) is 11.1. The molecule has 1 fully saturated rings. The van der Waals surface area contributed by atoms with Crippen LogP contribution in [0.1, 0.15) is 87.1 Å². The van der Waals surface area contributed by atoms with E-state index in [0.717, 1.165) is 0 Å². The Morgan fingerprint density at radius 2 is 1.51 bits per heavy atom. The van der Waals surface area contributed by atoms with Gasteiger partial charge in [-0.25, -0.2) is 18.1 Å². The van der Waals surface area contributed by atoms with Gasteiger partial charge in [0.1, 0.15) is 17.6 Å². The van der Waals surface area contributed by atoms with Crippen LogP contribution in [0.25, 0.3) is 11.1 Å². The summed E-state index contributed by atoms with van der Waals surface area (Å²) in [5, 5.41) is 16.0. The largest absolute Gasteiger partial charge is 0.438 e. The van der Waals surface area contributed by atoms with E-state index < -0.39 is 63.1 Å². The third-order valence-electron chi connectivity index (χ3n) is 8.25. The lowest BCUT2D eigenvalue weighted by molar-refractivity contribution is -0.141. The second-order valence-electron chi connectivity index (χ2n) is 12.7. The first-order valence-corrected chi connectivity index (χ1v) is 17.3. The number of likely N-dealkylation sites (tertiary alicyclic amines) is 1. The Labute approximate surface area is 274 Å². The fraction of sp³-hybridized carbons (Fsp3) is 0.485. The van der Waals surface area contributed by atoms with E-state index in [1.807, 2.05) is 24.6 Å². The summed E-state index contributed by atoms with van der Waals surface area (Å²) >= 11 is 0. The second kappa shape index (κ2) is 14.6. The van der Waals surface area contributed by atoms with Crippen molar-refractivity contribution < 1.29 is 37.1 Å². The number of nitrogens with zero attached hydrogens (tertiary/aromatic N) is 2. The van der Waals surface area contributed by atoms with Crippen LogP contribution in [0.4, 0.5) is 0 Å². The maximum absolute atomic E-state index is 13.8. The van der Waals surface area contributed by atoms with Gasteiger partial charge in [-0.3, -0.25) is 19.2 Å². The molecule has 4 amide bonds. The zero-order valence-electron chi connectivity index (χ0n) is 27.4. The number of fused-ring (bicyclic) bond motifs is 1. The van der Waals surface area contributed by atoms with Crippen molar-refractivity contribution >= 4 is 44.8 Å². The first kappa shape index (κ1) is 35.6. The van der Waals surface area contributed by atoms with Gasteiger partial charge in [-0.15, -0.1) is 0 Å². The molecule has 1 aliphatic heterocycles. The molecule has 2 aromatic carbocycles. The molecule has 47 heavy (non-hydrogen) atoms. The van der Waals surface area contributed by atoms with E-state index in [1.165, 1.54) is 43.0 Å². The Balaban J connectivity index is 1.44. The van der Waals surface area contributed by atoms with Crippen molar-refractivity contribution in [2.24, 2.45) is 11.8 Å². The van der Waals surface area contributed by atoms with Crippen LogP contribution < -0.4 is 15.4 Å².